The van der Waals surface area contributed by atoms with Crippen molar-refractivity contribution in [3.63, 3.8) is 0 Å². The van der Waals surface area contributed by atoms with E-state index in [0.717, 1.165) is 12.1 Å². The minimum atomic E-state index is -3.35. The third-order valence-corrected chi connectivity index (χ3v) is 7.30. The molecule has 198 valence electrons. The van der Waals surface area contributed by atoms with Crippen LogP contribution in [0.5, 0.6) is 0 Å². The van der Waals surface area contributed by atoms with Crippen LogP contribution in [0.15, 0.2) is 36.4 Å². The molecule has 0 amide bonds. The number of nitrogens with zero attached hydrogens (tertiary/aromatic N) is 2. The van der Waals surface area contributed by atoms with E-state index in [1.54, 1.807) is 31.2 Å². The first-order valence-electron chi connectivity index (χ1n) is 12.0. The van der Waals surface area contributed by atoms with Crippen molar-refractivity contribution < 1.29 is 31.4 Å². The number of rotatable bonds is 5. The fourth-order valence-corrected chi connectivity index (χ4v) is 5.77. The summed E-state index contributed by atoms with van der Waals surface area (Å²) >= 11 is 0. The number of aromatic nitrogens is 1. The number of nitrogens with two attached hydrogens (primary N) is 1. The van der Waals surface area contributed by atoms with E-state index < -0.39 is 55.7 Å². The van der Waals surface area contributed by atoms with Crippen LogP contribution >= 0.6 is 0 Å². The maximum Gasteiger partial charge on any atom is 0.281 e. The molecule has 4 atom stereocenters. The summed E-state index contributed by atoms with van der Waals surface area (Å²) in [6, 6.07) is 10.1. The highest BCUT2D eigenvalue weighted by atomic mass is 19.3. The molecule has 2 N–H and O–H groups in total. The van der Waals surface area contributed by atoms with Crippen molar-refractivity contribution in [2.75, 3.05) is 19.6 Å². The minimum Gasteiger partial charge on any atom is -0.384 e. The first-order valence-corrected chi connectivity index (χ1v) is 12.0. The average molecular weight is 530 g/mol. The van der Waals surface area contributed by atoms with E-state index in [9.17, 15) is 18.4 Å². The van der Waals surface area contributed by atoms with E-state index in [0.29, 0.717) is 22.4 Å². The SMILES string of the molecule is COCO[C@H]1c2c(-c3ccc(N)nc3C)ccc([C@H]3C[C@H](F)[C@H](F)c4cc(F)cc(C#N)c43)c2CC1(F)F. The summed E-state index contributed by atoms with van der Waals surface area (Å²) in [5.41, 5.74) is 7.66. The molecular weight excluding hydrogens is 505 g/mol. The highest BCUT2D eigenvalue weighted by molar-refractivity contribution is 5.75. The number of nitrogen functional groups attached to an aromatic ring is 1. The van der Waals surface area contributed by atoms with Gasteiger partial charge in [-0.25, -0.2) is 26.9 Å². The number of hydrogen-bond donors (Lipinski definition) is 1. The number of aryl methyl sites for hydroxylation is 1. The Morgan fingerprint density at radius 1 is 1.11 bits per heavy atom. The topological polar surface area (TPSA) is 81.2 Å². The molecule has 10 heteroatoms. The van der Waals surface area contributed by atoms with Gasteiger partial charge in [-0.2, -0.15) is 5.26 Å². The molecular formula is C28H24F5N3O2. The zero-order valence-corrected chi connectivity index (χ0v) is 20.6. The van der Waals surface area contributed by atoms with Crippen LogP contribution < -0.4 is 5.73 Å². The van der Waals surface area contributed by atoms with Gasteiger partial charge in [0.1, 0.15) is 30.7 Å². The summed E-state index contributed by atoms with van der Waals surface area (Å²) < 4.78 is 85.4. The van der Waals surface area contributed by atoms with Crippen molar-refractivity contribution in [3.8, 4) is 17.2 Å². The first-order chi connectivity index (χ1) is 18.1. The smallest absolute Gasteiger partial charge is 0.281 e. The van der Waals surface area contributed by atoms with Gasteiger partial charge in [-0.05, 0) is 71.0 Å². The molecule has 1 heterocycles. The maximum atomic E-state index is 15.5. The second kappa shape index (κ2) is 9.64. The summed E-state index contributed by atoms with van der Waals surface area (Å²) in [6.45, 7) is 1.30. The molecule has 5 rings (SSSR count). The Kier molecular flexibility index (Phi) is 6.61. The van der Waals surface area contributed by atoms with Crippen molar-refractivity contribution in [3.05, 3.63) is 81.3 Å². The van der Waals surface area contributed by atoms with Gasteiger partial charge in [-0.15, -0.1) is 0 Å². The van der Waals surface area contributed by atoms with Gasteiger partial charge in [0.2, 0.25) is 0 Å². The number of nitriles is 1. The monoisotopic (exact) mass is 529 g/mol. The Bertz CT molecular complexity index is 1460. The number of benzene rings is 2. The molecule has 0 saturated heterocycles. The second-order valence-electron chi connectivity index (χ2n) is 9.63. The van der Waals surface area contributed by atoms with Crippen LogP contribution in [0.25, 0.3) is 11.1 Å². The van der Waals surface area contributed by atoms with E-state index in [1.165, 1.54) is 7.11 Å². The third-order valence-electron chi connectivity index (χ3n) is 7.30. The third kappa shape index (κ3) is 4.20. The van der Waals surface area contributed by atoms with Crippen molar-refractivity contribution in [2.24, 2.45) is 0 Å². The molecule has 0 radical (unpaired) electrons. The van der Waals surface area contributed by atoms with Gasteiger partial charge in [-0.3, -0.25) is 0 Å². The van der Waals surface area contributed by atoms with E-state index in [1.807, 2.05) is 6.07 Å². The Labute approximate surface area is 216 Å². The molecule has 2 aliphatic rings. The van der Waals surface area contributed by atoms with Crippen LogP contribution in [0.1, 0.15) is 63.7 Å². The summed E-state index contributed by atoms with van der Waals surface area (Å²) in [6.07, 6.45) is -6.96. The van der Waals surface area contributed by atoms with E-state index in [2.05, 4.69) is 4.98 Å². The summed E-state index contributed by atoms with van der Waals surface area (Å²) in [5, 5.41) is 9.69. The number of anilines is 1. The van der Waals surface area contributed by atoms with Crippen LogP contribution in [0, 0.1) is 24.1 Å². The average Bonchev–Trinajstić information content (AvgIpc) is 3.14. The summed E-state index contributed by atoms with van der Waals surface area (Å²) in [4.78, 5) is 4.25. The molecule has 38 heavy (non-hydrogen) atoms. The molecule has 0 spiro atoms. The predicted octanol–water partition coefficient (Wildman–Crippen LogP) is 6.39. The highest BCUT2D eigenvalue weighted by Crippen LogP contribution is 2.54. The van der Waals surface area contributed by atoms with Crippen molar-refractivity contribution in [1.82, 2.24) is 4.98 Å². The van der Waals surface area contributed by atoms with E-state index >= 15 is 8.78 Å². The lowest BCUT2D eigenvalue weighted by atomic mass is 9.73. The molecule has 0 fully saturated rings. The van der Waals surface area contributed by atoms with Gasteiger partial charge < -0.3 is 15.2 Å². The lowest BCUT2D eigenvalue weighted by Crippen LogP contribution is -2.26. The maximum absolute atomic E-state index is 15.5. The number of fused-ring (bicyclic) bond motifs is 2. The quantitative estimate of drug-likeness (QED) is 0.306. The zero-order chi connectivity index (χ0) is 27.4. The first kappa shape index (κ1) is 26.1. The lowest BCUT2D eigenvalue weighted by molar-refractivity contribution is -0.169. The zero-order valence-electron chi connectivity index (χ0n) is 20.6. The van der Waals surface area contributed by atoms with Crippen LogP contribution in [0.4, 0.5) is 27.8 Å². The number of methoxy groups -OCH3 is 1. The molecule has 1 aromatic heterocycles. The summed E-state index contributed by atoms with van der Waals surface area (Å²) in [5.74, 6) is -4.91. The Balaban J connectivity index is 1.78. The normalized spacial score (nSPS) is 23.5. The van der Waals surface area contributed by atoms with Gasteiger partial charge in [0.15, 0.2) is 6.17 Å². The molecule has 0 saturated carbocycles. The fraction of sp³-hybridized carbons (Fsp3) is 0.357. The standard InChI is InChI=1S/C28H24F5N3O2/c1-13-16(5-6-23(35)36-13)18-4-3-17(21-10-28(32,33)27(25(18)21)38-12-37-2)19-9-22(30)26(31)20-8-15(29)7-14(11-34)24(19)20/h3-8,19,22,26-27H,9-10,12H2,1-2H3,(H2,35,36)/t19-,22+,26-,27+/m1/s1. The number of ether oxygens (including phenoxy) is 2. The largest absolute Gasteiger partial charge is 0.384 e. The van der Waals surface area contributed by atoms with Crippen molar-refractivity contribution in [2.45, 2.75) is 50.1 Å². The second-order valence-corrected chi connectivity index (χ2v) is 9.63. The van der Waals surface area contributed by atoms with Crippen LogP contribution in [0.2, 0.25) is 0 Å². The van der Waals surface area contributed by atoms with E-state index in [-0.39, 0.29) is 33.6 Å². The van der Waals surface area contributed by atoms with Gasteiger partial charge >= 0.3 is 0 Å². The van der Waals surface area contributed by atoms with Crippen molar-refractivity contribution >= 4 is 5.82 Å². The number of pyridine rings is 1. The molecule has 0 bridgehead atoms. The molecule has 0 unspecified atom stereocenters. The summed E-state index contributed by atoms with van der Waals surface area (Å²) in [7, 11) is 1.32. The number of hydrogen-bond acceptors (Lipinski definition) is 5. The highest BCUT2D eigenvalue weighted by Gasteiger charge is 2.52. The molecule has 3 aromatic rings. The fourth-order valence-electron chi connectivity index (χ4n) is 5.77. The lowest BCUT2D eigenvalue weighted by Gasteiger charge is -2.33. The molecule has 2 aliphatic carbocycles. The van der Waals surface area contributed by atoms with Gasteiger partial charge in [0, 0.05) is 30.7 Å². The number of halogens is 5. The van der Waals surface area contributed by atoms with Crippen LogP contribution in [-0.4, -0.2) is 31.0 Å². The van der Waals surface area contributed by atoms with Gasteiger partial charge in [-0.1, -0.05) is 12.1 Å². The van der Waals surface area contributed by atoms with Crippen molar-refractivity contribution in [1.29, 1.82) is 5.26 Å². The van der Waals surface area contributed by atoms with Gasteiger partial charge in [0.25, 0.3) is 5.92 Å². The molecule has 2 aromatic carbocycles. The Morgan fingerprint density at radius 2 is 1.84 bits per heavy atom. The predicted molar refractivity (Wildman–Crippen MR) is 129 cm³/mol. The number of alkyl halides is 4. The molecule has 5 nitrogen and oxygen atoms in total. The van der Waals surface area contributed by atoms with Gasteiger partial charge in [0.05, 0.1) is 11.6 Å². The minimum absolute atomic E-state index is 0.111. The van der Waals surface area contributed by atoms with E-state index in [4.69, 9.17) is 15.2 Å². The Morgan fingerprint density at radius 3 is 2.53 bits per heavy atom. The van der Waals surface area contributed by atoms with Crippen LogP contribution in [0.3, 0.4) is 0 Å². The molecule has 0 aliphatic heterocycles. The Hall–Kier alpha value is -3.55. The van der Waals surface area contributed by atoms with Crippen LogP contribution in [-0.2, 0) is 15.9 Å².